The Morgan fingerprint density at radius 3 is 2.50 bits per heavy atom. The topological polar surface area (TPSA) is 35.0 Å². The van der Waals surface area contributed by atoms with Gasteiger partial charge in [0.05, 0.1) is 6.20 Å². The van der Waals surface area contributed by atoms with Crippen LogP contribution in [0.2, 0.25) is 0 Å². The number of aryl methyl sites for hydroxylation is 2. The molecule has 0 aliphatic carbocycles. The SMILES string of the molecule is CCc1ccc(Oc2ccc(C)nc2)nc1. The van der Waals surface area contributed by atoms with Gasteiger partial charge in [0.25, 0.3) is 0 Å². The van der Waals surface area contributed by atoms with Crippen molar-refractivity contribution in [2.45, 2.75) is 20.3 Å². The zero-order chi connectivity index (χ0) is 11.4. The first-order valence-corrected chi connectivity index (χ1v) is 5.33. The molecule has 3 heteroatoms. The second kappa shape index (κ2) is 4.75. The number of hydrogen-bond acceptors (Lipinski definition) is 3. The molecule has 0 aliphatic rings. The third-order valence-electron chi connectivity index (χ3n) is 2.31. The van der Waals surface area contributed by atoms with Gasteiger partial charge in [-0.3, -0.25) is 4.98 Å². The largest absolute Gasteiger partial charge is 0.437 e. The van der Waals surface area contributed by atoms with Crippen molar-refractivity contribution in [2.75, 3.05) is 0 Å². The van der Waals surface area contributed by atoms with Crippen LogP contribution in [-0.2, 0) is 6.42 Å². The van der Waals surface area contributed by atoms with Crippen molar-refractivity contribution in [3.63, 3.8) is 0 Å². The smallest absolute Gasteiger partial charge is 0.219 e. The van der Waals surface area contributed by atoms with Gasteiger partial charge in [0.2, 0.25) is 5.88 Å². The summed E-state index contributed by atoms with van der Waals surface area (Å²) in [6, 6.07) is 7.69. The zero-order valence-corrected chi connectivity index (χ0v) is 9.47. The third kappa shape index (κ3) is 2.57. The number of pyridine rings is 2. The second-order valence-electron chi connectivity index (χ2n) is 3.60. The lowest BCUT2D eigenvalue weighted by Gasteiger charge is -2.04. The summed E-state index contributed by atoms with van der Waals surface area (Å²) in [5, 5.41) is 0. The van der Waals surface area contributed by atoms with Crippen LogP contribution >= 0.6 is 0 Å². The fourth-order valence-corrected chi connectivity index (χ4v) is 1.32. The number of rotatable bonds is 3. The van der Waals surface area contributed by atoms with E-state index in [1.165, 1.54) is 5.56 Å². The van der Waals surface area contributed by atoms with Crippen molar-refractivity contribution < 1.29 is 4.74 Å². The first-order chi connectivity index (χ1) is 7.78. The Bertz CT molecular complexity index is 448. The number of hydrogen-bond donors (Lipinski definition) is 0. The molecule has 0 radical (unpaired) electrons. The maximum Gasteiger partial charge on any atom is 0.219 e. The summed E-state index contributed by atoms with van der Waals surface area (Å²) in [5.74, 6) is 1.31. The fraction of sp³-hybridized carbons (Fsp3) is 0.231. The van der Waals surface area contributed by atoms with Gasteiger partial charge in [-0.15, -0.1) is 0 Å². The van der Waals surface area contributed by atoms with E-state index in [9.17, 15) is 0 Å². The molecule has 0 aliphatic heterocycles. The molecule has 16 heavy (non-hydrogen) atoms. The molecule has 0 fully saturated rings. The highest BCUT2D eigenvalue weighted by atomic mass is 16.5. The van der Waals surface area contributed by atoms with Crippen molar-refractivity contribution in [3.8, 4) is 11.6 Å². The van der Waals surface area contributed by atoms with Crippen LogP contribution < -0.4 is 4.74 Å². The third-order valence-corrected chi connectivity index (χ3v) is 2.31. The molecule has 2 aromatic heterocycles. The molecule has 0 saturated carbocycles. The summed E-state index contributed by atoms with van der Waals surface area (Å²) in [6.07, 6.45) is 4.51. The van der Waals surface area contributed by atoms with E-state index in [4.69, 9.17) is 4.74 Å². The van der Waals surface area contributed by atoms with Crippen LogP contribution in [0, 0.1) is 6.92 Å². The molecule has 0 amide bonds. The Morgan fingerprint density at radius 1 is 1.06 bits per heavy atom. The van der Waals surface area contributed by atoms with Crippen molar-refractivity contribution in [1.29, 1.82) is 0 Å². The van der Waals surface area contributed by atoms with Crippen molar-refractivity contribution >= 4 is 0 Å². The lowest BCUT2D eigenvalue weighted by Crippen LogP contribution is -1.90. The summed E-state index contributed by atoms with van der Waals surface area (Å²) in [4.78, 5) is 8.37. The molecular formula is C13H14N2O. The Labute approximate surface area is 95.1 Å². The highest BCUT2D eigenvalue weighted by molar-refractivity contribution is 5.26. The molecule has 0 bridgehead atoms. The standard InChI is InChI=1S/C13H14N2O/c1-3-11-5-7-13(15-8-11)16-12-6-4-10(2)14-9-12/h4-9H,3H2,1-2H3. The fourth-order valence-electron chi connectivity index (χ4n) is 1.32. The predicted octanol–water partition coefficient (Wildman–Crippen LogP) is 3.14. The van der Waals surface area contributed by atoms with Crippen molar-refractivity contribution in [3.05, 3.63) is 47.9 Å². The van der Waals surface area contributed by atoms with Gasteiger partial charge in [-0.2, -0.15) is 0 Å². The van der Waals surface area contributed by atoms with Gasteiger partial charge < -0.3 is 4.74 Å². The normalized spacial score (nSPS) is 10.1. The monoisotopic (exact) mass is 214 g/mol. The van der Waals surface area contributed by atoms with E-state index in [-0.39, 0.29) is 0 Å². The zero-order valence-electron chi connectivity index (χ0n) is 9.47. The van der Waals surface area contributed by atoms with Gasteiger partial charge in [-0.05, 0) is 31.0 Å². The summed E-state index contributed by atoms with van der Waals surface area (Å²) < 4.78 is 5.56. The van der Waals surface area contributed by atoms with Crippen molar-refractivity contribution in [2.24, 2.45) is 0 Å². The van der Waals surface area contributed by atoms with E-state index in [2.05, 4.69) is 16.9 Å². The molecule has 0 N–H and O–H groups in total. The summed E-state index contributed by atoms with van der Waals surface area (Å²) in [5.41, 5.74) is 2.18. The first-order valence-electron chi connectivity index (χ1n) is 5.33. The predicted molar refractivity (Wildman–Crippen MR) is 62.7 cm³/mol. The van der Waals surface area contributed by atoms with Crippen LogP contribution in [0.3, 0.4) is 0 Å². The first kappa shape index (κ1) is 10.6. The van der Waals surface area contributed by atoms with E-state index in [0.29, 0.717) is 11.6 Å². The molecule has 3 nitrogen and oxygen atoms in total. The average Bonchev–Trinajstić information content (AvgIpc) is 2.33. The second-order valence-corrected chi connectivity index (χ2v) is 3.60. The van der Waals surface area contributed by atoms with Gasteiger partial charge in [-0.25, -0.2) is 4.98 Å². The molecule has 0 unspecified atom stereocenters. The van der Waals surface area contributed by atoms with Gasteiger partial charge >= 0.3 is 0 Å². The van der Waals surface area contributed by atoms with Crippen LogP contribution in [0.15, 0.2) is 36.7 Å². The molecule has 0 atom stereocenters. The Balaban J connectivity index is 2.11. The summed E-state index contributed by atoms with van der Waals surface area (Å²) >= 11 is 0. The van der Waals surface area contributed by atoms with Gasteiger partial charge in [0, 0.05) is 18.0 Å². The minimum absolute atomic E-state index is 0.600. The van der Waals surface area contributed by atoms with E-state index in [1.807, 2.05) is 37.4 Å². The highest BCUT2D eigenvalue weighted by Crippen LogP contribution is 2.18. The van der Waals surface area contributed by atoms with Crippen LogP contribution in [0.25, 0.3) is 0 Å². The quantitative estimate of drug-likeness (QED) is 0.787. The summed E-state index contributed by atoms with van der Waals surface area (Å²) in [6.45, 7) is 4.04. The van der Waals surface area contributed by atoms with Gasteiger partial charge in [0.15, 0.2) is 0 Å². The number of ether oxygens (including phenoxy) is 1. The molecule has 82 valence electrons. The Hall–Kier alpha value is -1.90. The maximum absolute atomic E-state index is 5.56. The van der Waals surface area contributed by atoms with E-state index in [1.54, 1.807) is 6.20 Å². The van der Waals surface area contributed by atoms with Crippen LogP contribution in [0.1, 0.15) is 18.2 Å². The molecule has 2 heterocycles. The lowest BCUT2D eigenvalue weighted by molar-refractivity contribution is 0.460. The van der Waals surface area contributed by atoms with E-state index < -0.39 is 0 Å². The molecular weight excluding hydrogens is 200 g/mol. The van der Waals surface area contributed by atoms with Crippen LogP contribution in [0.4, 0.5) is 0 Å². The molecule has 2 rings (SSSR count). The number of aromatic nitrogens is 2. The average molecular weight is 214 g/mol. The molecule has 0 spiro atoms. The van der Waals surface area contributed by atoms with Gasteiger partial charge in [0.1, 0.15) is 5.75 Å². The van der Waals surface area contributed by atoms with Crippen molar-refractivity contribution in [1.82, 2.24) is 9.97 Å². The molecule has 2 aromatic rings. The molecule has 0 aromatic carbocycles. The minimum atomic E-state index is 0.600. The highest BCUT2D eigenvalue weighted by Gasteiger charge is 1.98. The van der Waals surface area contributed by atoms with E-state index in [0.717, 1.165) is 12.1 Å². The summed E-state index contributed by atoms with van der Waals surface area (Å²) in [7, 11) is 0. The minimum Gasteiger partial charge on any atom is -0.437 e. The lowest BCUT2D eigenvalue weighted by atomic mass is 10.2. The molecule has 0 saturated heterocycles. The van der Waals surface area contributed by atoms with Gasteiger partial charge in [-0.1, -0.05) is 13.0 Å². The Morgan fingerprint density at radius 2 is 1.94 bits per heavy atom. The van der Waals surface area contributed by atoms with Crippen LogP contribution in [-0.4, -0.2) is 9.97 Å². The van der Waals surface area contributed by atoms with E-state index >= 15 is 0 Å². The number of nitrogens with zero attached hydrogens (tertiary/aromatic N) is 2. The Kier molecular flexibility index (Phi) is 3.15. The maximum atomic E-state index is 5.56. The van der Waals surface area contributed by atoms with Crippen LogP contribution in [0.5, 0.6) is 11.6 Å².